The molecule has 7 nitrogen and oxygen atoms in total. The number of ether oxygens (including phenoxy) is 2. The van der Waals surface area contributed by atoms with E-state index in [1.807, 2.05) is 19.1 Å². The summed E-state index contributed by atoms with van der Waals surface area (Å²) in [5.74, 6) is 0.588. The summed E-state index contributed by atoms with van der Waals surface area (Å²) in [6.45, 7) is 8.12. The van der Waals surface area contributed by atoms with Gasteiger partial charge in [-0.1, -0.05) is 52.0 Å². The van der Waals surface area contributed by atoms with E-state index in [1.54, 1.807) is 18.2 Å². The zero-order valence-electron chi connectivity index (χ0n) is 24.6. The normalized spacial score (nSPS) is 17.6. The van der Waals surface area contributed by atoms with Gasteiger partial charge in [0.15, 0.2) is 6.10 Å². The number of sulfonamides is 1. The highest BCUT2D eigenvalue weighted by atomic mass is 32.2. The summed E-state index contributed by atoms with van der Waals surface area (Å²) in [5.41, 5.74) is 5.01. The summed E-state index contributed by atoms with van der Waals surface area (Å²) in [4.78, 5) is 13.8. The van der Waals surface area contributed by atoms with Crippen molar-refractivity contribution >= 4 is 21.6 Å². The van der Waals surface area contributed by atoms with Crippen molar-refractivity contribution in [1.29, 1.82) is 0 Å². The number of aryl methyl sites for hydroxylation is 2. The van der Waals surface area contributed by atoms with Crippen molar-refractivity contribution in [3.8, 4) is 11.5 Å². The van der Waals surface area contributed by atoms with Crippen LogP contribution in [0.5, 0.6) is 11.5 Å². The van der Waals surface area contributed by atoms with Crippen molar-refractivity contribution in [1.82, 2.24) is 5.32 Å². The van der Waals surface area contributed by atoms with Gasteiger partial charge in [0.25, 0.3) is 15.9 Å². The van der Waals surface area contributed by atoms with Crippen LogP contribution in [0.3, 0.4) is 0 Å². The molecule has 0 bridgehead atoms. The standard InChI is InChI=1S/C33H40N2O5S/c1-6-28(24-12-11-22-9-7-8-10-23(22)19-24)34-32(36)31-21-35(41(37,38)27-16-14-26(39-5)15-17-27)29-20-25(33(2,3)4)13-18-30(29)40-31/h11-20,28,31H,6-10,21H2,1-5H3,(H,34,36)/t28-,31+/m1/s1. The number of hydrogen-bond acceptors (Lipinski definition) is 5. The summed E-state index contributed by atoms with van der Waals surface area (Å²) in [6, 6.07) is 18.1. The van der Waals surface area contributed by atoms with E-state index in [-0.39, 0.29) is 28.8 Å². The molecule has 0 spiro atoms. The fourth-order valence-corrected chi connectivity index (χ4v) is 7.08. The first-order valence-corrected chi connectivity index (χ1v) is 15.9. The molecule has 2 aliphatic rings. The fraction of sp³-hybridized carbons (Fsp3) is 0.424. The lowest BCUT2D eigenvalue weighted by atomic mass is 9.86. The van der Waals surface area contributed by atoms with E-state index in [2.05, 4.69) is 44.3 Å². The van der Waals surface area contributed by atoms with E-state index >= 15 is 0 Å². The number of carbonyl (C=O) groups is 1. The van der Waals surface area contributed by atoms with Crippen molar-refractivity contribution in [3.05, 3.63) is 82.9 Å². The number of carbonyl (C=O) groups excluding carboxylic acids is 1. The van der Waals surface area contributed by atoms with Gasteiger partial charge >= 0.3 is 0 Å². The van der Waals surface area contributed by atoms with Crippen LogP contribution in [0.1, 0.15) is 75.3 Å². The predicted molar refractivity (Wildman–Crippen MR) is 161 cm³/mol. The van der Waals surface area contributed by atoms with Gasteiger partial charge in [-0.2, -0.15) is 0 Å². The van der Waals surface area contributed by atoms with Gasteiger partial charge in [0, 0.05) is 0 Å². The largest absolute Gasteiger partial charge is 0.497 e. The van der Waals surface area contributed by atoms with Crippen LogP contribution in [0, 0.1) is 0 Å². The lowest BCUT2D eigenvalue weighted by Crippen LogP contribution is -2.51. The van der Waals surface area contributed by atoms with Crippen molar-refractivity contribution in [3.63, 3.8) is 0 Å². The predicted octanol–water partition coefficient (Wildman–Crippen LogP) is 6.10. The summed E-state index contributed by atoms with van der Waals surface area (Å²) in [6.07, 6.45) is 4.26. The third kappa shape index (κ3) is 5.94. The first-order chi connectivity index (χ1) is 19.5. The van der Waals surface area contributed by atoms with E-state index in [1.165, 1.54) is 47.5 Å². The molecule has 1 aliphatic heterocycles. The molecule has 0 aromatic heterocycles. The number of nitrogens with one attached hydrogen (secondary N) is 1. The Kier molecular flexibility index (Phi) is 8.06. The molecule has 1 N–H and O–H groups in total. The molecule has 0 saturated heterocycles. The molecule has 3 aromatic rings. The number of nitrogens with zero attached hydrogens (tertiary/aromatic N) is 1. The molecular weight excluding hydrogens is 536 g/mol. The number of anilines is 1. The van der Waals surface area contributed by atoms with Gasteiger partial charge in [0.2, 0.25) is 0 Å². The van der Waals surface area contributed by atoms with Gasteiger partial charge in [-0.25, -0.2) is 8.42 Å². The molecule has 41 heavy (non-hydrogen) atoms. The third-order valence-corrected chi connectivity index (χ3v) is 9.93. The van der Waals surface area contributed by atoms with E-state index in [0.29, 0.717) is 23.6 Å². The molecule has 1 amide bonds. The van der Waals surface area contributed by atoms with Crippen LogP contribution in [0.25, 0.3) is 0 Å². The molecule has 3 aromatic carbocycles. The second-order valence-corrected chi connectivity index (χ2v) is 13.8. The van der Waals surface area contributed by atoms with Crippen molar-refractivity contribution in [2.75, 3.05) is 18.0 Å². The Hall–Kier alpha value is -3.52. The van der Waals surface area contributed by atoms with Gasteiger partial charge in [-0.3, -0.25) is 9.10 Å². The highest BCUT2D eigenvalue weighted by Gasteiger charge is 2.39. The Morgan fingerprint density at radius 3 is 2.39 bits per heavy atom. The monoisotopic (exact) mass is 576 g/mol. The van der Waals surface area contributed by atoms with Gasteiger partial charge < -0.3 is 14.8 Å². The van der Waals surface area contributed by atoms with Crippen LogP contribution >= 0.6 is 0 Å². The van der Waals surface area contributed by atoms with Crippen molar-refractivity contribution < 1.29 is 22.7 Å². The minimum atomic E-state index is -4.01. The minimum Gasteiger partial charge on any atom is -0.497 e. The van der Waals surface area contributed by atoms with Crippen LogP contribution in [0.4, 0.5) is 5.69 Å². The maximum atomic E-state index is 14.0. The molecular formula is C33H40N2O5S. The minimum absolute atomic E-state index is 0.118. The van der Waals surface area contributed by atoms with Crippen LogP contribution in [-0.4, -0.2) is 34.1 Å². The molecule has 5 rings (SSSR count). The lowest BCUT2D eigenvalue weighted by Gasteiger charge is -2.36. The molecule has 0 radical (unpaired) electrons. The Labute approximate surface area is 243 Å². The number of methoxy groups -OCH3 is 1. The number of fused-ring (bicyclic) bond motifs is 2. The molecule has 218 valence electrons. The molecule has 0 saturated carbocycles. The summed E-state index contributed by atoms with van der Waals surface area (Å²) >= 11 is 0. The third-order valence-electron chi connectivity index (χ3n) is 8.13. The topological polar surface area (TPSA) is 84.9 Å². The molecule has 1 aliphatic carbocycles. The summed E-state index contributed by atoms with van der Waals surface area (Å²) in [7, 11) is -2.47. The lowest BCUT2D eigenvalue weighted by molar-refractivity contribution is -0.128. The number of rotatable bonds is 7. The maximum absolute atomic E-state index is 14.0. The average molecular weight is 577 g/mol. The van der Waals surface area contributed by atoms with E-state index in [0.717, 1.165) is 24.0 Å². The quantitative estimate of drug-likeness (QED) is 0.368. The smallest absolute Gasteiger partial charge is 0.264 e. The Morgan fingerprint density at radius 2 is 1.73 bits per heavy atom. The molecule has 8 heteroatoms. The molecule has 2 atom stereocenters. The Morgan fingerprint density at radius 1 is 1.02 bits per heavy atom. The second-order valence-electron chi connectivity index (χ2n) is 12.0. The fourth-order valence-electron chi connectivity index (χ4n) is 5.61. The summed E-state index contributed by atoms with van der Waals surface area (Å²) in [5, 5.41) is 3.15. The van der Waals surface area contributed by atoms with Crippen LogP contribution in [-0.2, 0) is 33.1 Å². The number of benzene rings is 3. The molecule has 1 heterocycles. The zero-order valence-corrected chi connectivity index (χ0v) is 25.4. The van der Waals surface area contributed by atoms with E-state index < -0.39 is 16.1 Å². The second kappa shape index (κ2) is 11.4. The zero-order chi connectivity index (χ0) is 29.4. The number of hydrogen-bond donors (Lipinski definition) is 1. The average Bonchev–Trinajstić information content (AvgIpc) is 2.98. The first kappa shape index (κ1) is 29.0. The van der Waals surface area contributed by atoms with Gasteiger partial charge in [0.1, 0.15) is 11.5 Å². The van der Waals surface area contributed by atoms with Gasteiger partial charge in [-0.15, -0.1) is 0 Å². The SMILES string of the molecule is CC[C@@H](NC(=O)[C@@H]1CN(S(=O)(=O)c2ccc(OC)cc2)c2cc(C(C)(C)C)ccc2O1)c1ccc2c(c1)CCCC2. The van der Waals surface area contributed by atoms with E-state index in [4.69, 9.17) is 9.47 Å². The number of amides is 1. The van der Waals surface area contributed by atoms with Crippen molar-refractivity contribution in [2.45, 2.75) is 82.3 Å². The molecule has 0 fully saturated rings. The molecule has 0 unspecified atom stereocenters. The van der Waals surface area contributed by atoms with Crippen molar-refractivity contribution in [2.24, 2.45) is 0 Å². The summed E-state index contributed by atoms with van der Waals surface area (Å²) < 4.78 is 40.7. The Balaban J connectivity index is 1.46. The van der Waals surface area contributed by atoms with Crippen LogP contribution < -0.4 is 19.1 Å². The first-order valence-electron chi connectivity index (χ1n) is 14.4. The van der Waals surface area contributed by atoms with Crippen LogP contribution in [0.15, 0.2) is 65.6 Å². The van der Waals surface area contributed by atoms with E-state index in [9.17, 15) is 13.2 Å². The van der Waals surface area contributed by atoms with Gasteiger partial charge in [0.05, 0.1) is 30.3 Å². The van der Waals surface area contributed by atoms with Gasteiger partial charge in [-0.05, 0) is 96.2 Å². The highest BCUT2D eigenvalue weighted by Crippen LogP contribution is 2.40. The van der Waals surface area contributed by atoms with Crippen LogP contribution in [0.2, 0.25) is 0 Å². The maximum Gasteiger partial charge on any atom is 0.264 e. The highest BCUT2D eigenvalue weighted by molar-refractivity contribution is 7.92. The Bertz CT molecular complexity index is 1530.